The zero-order valence-corrected chi connectivity index (χ0v) is 11.1. The van der Waals surface area contributed by atoms with Gasteiger partial charge in [-0.1, -0.05) is 13.8 Å². The molecule has 1 saturated heterocycles. The van der Waals surface area contributed by atoms with Crippen molar-refractivity contribution in [2.45, 2.75) is 40.2 Å². The van der Waals surface area contributed by atoms with Crippen molar-refractivity contribution in [3.63, 3.8) is 0 Å². The molecule has 0 aromatic rings. The predicted octanol–water partition coefficient (Wildman–Crippen LogP) is 0.638. The summed E-state index contributed by atoms with van der Waals surface area (Å²) in [7, 11) is 0. The summed E-state index contributed by atoms with van der Waals surface area (Å²) >= 11 is 0. The van der Waals surface area contributed by atoms with Gasteiger partial charge in [-0.3, -0.25) is 19.3 Å². The van der Waals surface area contributed by atoms with Crippen molar-refractivity contribution in [2.24, 2.45) is 5.92 Å². The van der Waals surface area contributed by atoms with E-state index in [1.54, 1.807) is 13.8 Å². The Morgan fingerprint density at radius 2 is 1.53 bits per heavy atom. The summed E-state index contributed by atoms with van der Waals surface area (Å²) in [6.07, 6.45) is 0. The van der Waals surface area contributed by atoms with E-state index in [0.717, 1.165) is 0 Å². The van der Waals surface area contributed by atoms with Crippen molar-refractivity contribution in [1.29, 1.82) is 0 Å². The van der Waals surface area contributed by atoms with Crippen molar-refractivity contribution in [3.8, 4) is 0 Å². The molecular formula is C12H20N2O3. The molecule has 5 heteroatoms. The molecule has 0 unspecified atom stereocenters. The second-order valence-corrected chi connectivity index (χ2v) is 5.64. The van der Waals surface area contributed by atoms with Gasteiger partial charge >= 0.3 is 0 Å². The van der Waals surface area contributed by atoms with E-state index in [2.05, 4.69) is 0 Å². The number of piperazine rings is 1. The molecule has 3 amide bonds. The summed E-state index contributed by atoms with van der Waals surface area (Å²) in [5.41, 5.74) is -0.527. The Morgan fingerprint density at radius 3 is 1.82 bits per heavy atom. The first-order chi connectivity index (χ1) is 7.64. The Balaban J connectivity index is 2.85. The van der Waals surface area contributed by atoms with Crippen molar-refractivity contribution < 1.29 is 14.4 Å². The van der Waals surface area contributed by atoms with Gasteiger partial charge in [0, 0.05) is 11.5 Å². The Morgan fingerprint density at radius 1 is 1.12 bits per heavy atom. The molecule has 0 bridgehead atoms. The van der Waals surface area contributed by atoms with Gasteiger partial charge in [-0.05, 0) is 20.8 Å². The highest BCUT2D eigenvalue weighted by Crippen LogP contribution is 2.19. The van der Waals surface area contributed by atoms with Gasteiger partial charge in [-0.15, -0.1) is 0 Å². The fourth-order valence-electron chi connectivity index (χ4n) is 1.93. The molecule has 0 saturated carbocycles. The molecular weight excluding hydrogens is 220 g/mol. The molecule has 1 rings (SSSR count). The van der Waals surface area contributed by atoms with Crippen LogP contribution in [0, 0.1) is 5.92 Å². The molecule has 0 radical (unpaired) electrons. The van der Waals surface area contributed by atoms with Crippen LogP contribution in [0.25, 0.3) is 0 Å². The second kappa shape index (κ2) is 4.47. The van der Waals surface area contributed by atoms with Crippen LogP contribution in [0.5, 0.6) is 0 Å². The Hall–Kier alpha value is -1.39. The maximum Gasteiger partial charge on any atom is 0.249 e. The minimum absolute atomic E-state index is 0.0000231. The first-order valence-electron chi connectivity index (χ1n) is 5.79. The molecule has 0 aliphatic carbocycles. The van der Waals surface area contributed by atoms with Crippen LogP contribution in [0.15, 0.2) is 0 Å². The summed E-state index contributed by atoms with van der Waals surface area (Å²) in [4.78, 5) is 38.1. The molecule has 1 heterocycles. The zero-order chi connectivity index (χ0) is 13.4. The average molecular weight is 240 g/mol. The molecule has 1 aliphatic heterocycles. The first-order valence-corrected chi connectivity index (χ1v) is 5.79. The summed E-state index contributed by atoms with van der Waals surface area (Å²) in [5.74, 6) is -0.956. The fraction of sp³-hybridized carbons (Fsp3) is 0.750. The van der Waals surface area contributed by atoms with Gasteiger partial charge in [0.05, 0.1) is 0 Å². The van der Waals surface area contributed by atoms with Crippen LogP contribution in [0.1, 0.15) is 34.6 Å². The van der Waals surface area contributed by atoms with Gasteiger partial charge in [0.2, 0.25) is 17.7 Å². The molecule has 0 atom stereocenters. The van der Waals surface area contributed by atoms with E-state index >= 15 is 0 Å². The standard InChI is InChI=1S/C12H20N2O3/c1-8(2)11(17)13-6-9(15)14(10(16)7-13)12(3,4)5/h8H,6-7H2,1-5H3. The number of hydrogen-bond donors (Lipinski definition) is 0. The molecule has 0 spiro atoms. The highest BCUT2D eigenvalue weighted by molar-refractivity contribution is 6.03. The SMILES string of the molecule is CC(C)C(=O)N1CC(=O)N(C(C)(C)C)C(=O)C1. The van der Waals surface area contributed by atoms with Crippen molar-refractivity contribution >= 4 is 17.7 Å². The monoisotopic (exact) mass is 240 g/mol. The van der Waals surface area contributed by atoms with E-state index in [1.165, 1.54) is 9.80 Å². The minimum Gasteiger partial charge on any atom is -0.324 e. The van der Waals surface area contributed by atoms with Gasteiger partial charge in [-0.25, -0.2) is 0 Å². The highest BCUT2D eigenvalue weighted by Gasteiger charge is 2.39. The van der Waals surface area contributed by atoms with Crippen LogP contribution in [-0.2, 0) is 14.4 Å². The smallest absolute Gasteiger partial charge is 0.249 e. The third-order valence-corrected chi connectivity index (χ3v) is 2.63. The van der Waals surface area contributed by atoms with Gasteiger partial charge in [0.1, 0.15) is 13.1 Å². The van der Waals surface area contributed by atoms with E-state index < -0.39 is 5.54 Å². The lowest BCUT2D eigenvalue weighted by Gasteiger charge is -2.40. The van der Waals surface area contributed by atoms with Gasteiger partial charge < -0.3 is 4.90 Å². The Bertz CT molecular complexity index is 337. The Kier molecular flexibility index (Phi) is 3.59. The number of rotatable bonds is 1. The van der Waals surface area contributed by atoms with E-state index in [9.17, 15) is 14.4 Å². The largest absolute Gasteiger partial charge is 0.324 e. The van der Waals surface area contributed by atoms with Crippen molar-refractivity contribution in [2.75, 3.05) is 13.1 Å². The fourth-order valence-corrected chi connectivity index (χ4v) is 1.93. The van der Waals surface area contributed by atoms with Crippen LogP contribution >= 0.6 is 0 Å². The number of imide groups is 1. The third-order valence-electron chi connectivity index (χ3n) is 2.63. The molecule has 96 valence electrons. The van der Waals surface area contributed by atoms with Gasteiger partial charge in [0.25, 0.3) is 0 Å². The van der Waals surface area contributed by atoms with E-state index in [-0.39, 0.29) is 36.7 Å². The maximum absolute atomic E-state index is 11.9. The summed E-state index contributed by atoms with van der Waals surface area (Å²) < 4.78 is 0. The zero-order valence-electron chi connectivity index (χ0n) is 11.1. The van der Waals surface area contributed by atoms with E-state index in [4.69, 9.17) is 0 Å². The molecule has 17 heavy (non-hydrogen) atoms. The van der Waals surface area contributed by atoms with Crippen LogP contribution in [0.4, 0.5) is 0 Å². The lowest BCUT2D eigenvalue weighted by molar-refractivity contribution is -0.162. The number of amides is 3. The minimum atomic E-state index is -0.527. The lowest BCUT2D eigenvalue weighted by atomic mass is 10.0. The molecule has 0 aromatic heterocycles. The molecule has 0 N–H and O–H groups in total. The molecule has 0 aromatic carbocycles. The van der Waals surface area contributed by atoms with E-state index in [0.29, 0.717) is 0 Å². The number of carbonyl (C=O) groups is 3. The molecule has 1 fully saturated rings. The predicted molar refractivity (Wildman–Crippen MR) is 63.0 cm³/mol. The molecule has 5 nitrogen and oxygen atoms in total. The van der Waals surface area contributed by atoms with Crippen molar-refractivity contribution in [3.05, 3.63) is 0 Å². The van der Waals surface area contributed by atoms with Crippen LogP contribution < -0.4 is 0 Å². The van der Waals surface area contributed by atoms with Gasteiger partial charge in [-0.2, -0.15) is 0 Å². The molecule has 1 aliphatic rings. The number of nitrogens with zero attached hydrogens (tertiary/aromatic N) is 2. The summed E-state index contributed by atoms with van der Waals surface area (Å²) in [6, 6.07) is 0. The highest BCUT2D eigenvalue weighted by atomic mass is 16.2. The first kappa shape index (κ1) is 13.7. The lowest BCUT2D eigenvalue weighted by Crippen LogP contribution is -2.61. The third kappa shape index (κ3) is 2.84. The van der Waals surface area contributed by atoms with Crippen LogP contribution in [0.2, 0.25) is 0 Å². The second-order valence-electron chi connectivity index (χ2n) is 5.64. The quantitative estimate of drug-likeness (QED) is 0.632. The van der Waals surface area contributed by atoms with Gasteiger partial charge in [0.15, 0.2) is 0 Å². The normalized spacial score (nSPS) is 18.0. The van der Waals surface area contributed by atoms with Crippen molar-refractivity contribution in [1.82, 2.24) is 9.80 Å². The average Bonchev–Trinajstić information content (AvgIpc) is 2.12. The maximum atomic E-state index is 11.9. The summed E-state index contributed by atoms with van der Waals surface area (Å²) in [6.45, 7) is 8.94. The van der Waals surface area contributed by atoms with E-state index in [1.807, 2.05) is 20.8 Å². The van der Waals surface area contributed by atoms with Crippen LogP contribution in [-0.4, -0.2) is 46.1 Å². The Labute approximate surface area is 102 Å². The number of hydrogen-bond acceptors (Lipinski definition) is 3. The topological polar surface area (TPSA) is 57.7 Å². The summed E-state index contributed by atoms with van der Waals surface area (Å²) in [5, 5.41) is 0. The van der Waals surface area contributed by atoms with Crippen LogP contribution in [0.3, 0.4) is 0 Å². The number of carbonyl (C=O) groups excluding carboxylic acids is 3.